The molecule has 1 radical (unpaired) electrons. The summed E-state index contributed by atoms with van der Waals surface area (Å²) in [6.07, 6.45) is 4.19. The number of hydrogen-bond donors (Lipinski definition) is 1. The summed E-state index contributed by atoms with van der Waals surface area (Å²) in [5, 5.41) is 24.3. The van der Waals surface area contributed by atoms with Crippen molar-refractivity contribution in [3.8, 4) is 6.07 Å². The zero-order valence-electron chi connectivity index (χ0n) is 10.0. The molecule has 4 rings (SSSR count). The molecule has 0 saturated heterocycles. The number of nitriles is 1. The average molecular weight is 233 g/mol. The standard InChI is InChI=1S/C13H17N2O2/c1-8(16)15-12-3-9-2-10(4-12)6-13(17,5-9)11(12)7-14/h9-11,17H,2-6H2,1H3. The van der Waals surface area contributed by atoms with Gasteiger partial charge < -0.3 is 5.11 Å². The normalized spacial score (nSPS) is 51.0. The molecule has 91 valence electrons. The Kier molecular flexibility index (Phi) is 2.10. The maximum atomic E-state index is 11.3. The van der Waals surface area contributed by atoms with E-state index in [2.05, 4.69) is 11.4 Å². The van der Waals surface area contributed by atoms with Crippen molar-refractivity contribution < 1.29 is 9.90 Å². The van der Waals surface area contributed by atoms with Crippen LogP contribution in [0, 0.1) is 29.1 Å². The van der Waals surface area contributed by atoms with E-state index in [-0.39, 0.29) is 5.91 Å². The highest BCUT2D eigenvalue weighted by Crippen LogP contribution is 2.60. The molecule has 0 spiro atoms. The van der Waals surface area contributed by atoms with Crippen LogP contribution in [0.3, 0.4) is 0 Å². The van der Waals surface area contributed by atoms with Crippen LogP contribution in [0.15, 0.2) is 0 Å². The first-order valence-corrected chi connectivity index (χ1v) is 6.33. The van der Waals surface area contributed by atoms with Gasteiger partial charge in [0, 0.05) is 6.92 Å². The van der Waals surface area contributed by atoms with Gasteiger partial charge in [-0.05, 0) is 43.9 Å². The van der Waals surface area contributed by atoms with Gasteiger partial charge in [-0.2, -0.15) is 5.26 Å². The Balaban J connectivity index is 2.02. The van der Waals surface area contributed by atoms with Crippen LogP contribution in [0.4, 0.5) is 0 Å². The molecule has 1 N–H and O–H groups in total. The van der Waals surface area contributed by atoms with E-state index in [0.717, 1.165) is 32.1 Å². The largest absolute Gasteiger partial charge is 0.388 e. The van der Waals surface area contributed by atoms with Crippen molar-refractivity contribution in [3.63, 3.8) is 0 Å². The summed E-state index contributed by atoms with van der Waals surface area (Å²) >= 11 is 0. The molecule has 0 heterocycles. The number of aliphatic hydroxyl groups is 1. The van der Waals surface area contributed by atoms with Gasteiger partial charge in [0.05, 0.1) is 17.2 Å². The molecule has 3 atom stereocenters. The fraction of sp³-hybridized carbons (Fsp3) is 0.846. The van der Waals surface area contributed by atoms with Gasteiger partial charge in [-0.25, -0.2) is 5.32 Å². The van der Waals surface area contributed by atoms with Gasteiger partial charge >= 0.3 is 0 Å². The second-order valence-corrected chi connectivity index (χ2v) is 6.18. The average Bonchev–Trinajstić information content (AvgIpc) is 2.11. The summed E-state index contributed by atoms with van der Waals surface area (Å²) in [5.74, 6) is 0.183. The van der Waals surface area contributed by atoms with Crippen LogP contribution >= 0.6 is 0 Å². The minimum atomic E-state index is -0.891. The molecular weight excluding hydrogens is 216 g/mol. The zero-order valence-corrected chi connectivity index (χ0v) is 10.0. The number of nitrogens with zero attached hydrogens (tertiary/aromatic N) is 2. The van der Waals surface area contributed by atoms with Crippen molar-refractivity contribution in [2.24, 2.45) is 17.8 Å². The Morgan fingerprint density at radius 3 is 2.41 bits per heavy atom. The SMILES string of the molecule is CC(=O)[N]C12CC3CC(CC(O)(C3)C1C#N)C2. The molecule has 4 nitrogen and oxygen atoms in total. The zero-order chi connectivity index (χ0) is 12.3. The molecule has 0 aliphatic heterocycles. The number of rotatable bonds is 1. The van der Waals surface area contributed by atoms with Gasteiger partial charge in [-0.1, -0.05) is 0 Å². The van der Waals surface area contributed by atoms with Crippen molar-refractivity contribution in [1.82, 2.24) is 5.32 Å². The molecule has 0 aromatic carbocycles. The summed E-state index contributed by atoms with van der Waals surface area (Å²) in [7, 11) is 0. The monoisotopic (exact) mass is 233 g/mol. The lowest BCUT2D eigenvalue weighted by molar-refractivity contribution is -0.175. The summed E-state index contributed by atoms with van der Waals surface area (Å²) in [6, 6.07) is 2.24. The molecule has 4 bridgehead atoms. The van der Waals surface area contributed by atoms with E-state index in [4.69, 9.17) is 0 Å². The van der Waals surface area contributed by atoms with E-state index in [1.165, 1.54) is 6.92 Å². The molecule has 1 amide bonds. The summed E-state index contributed by atoms with van der Waals surface area (Å²) in [5.41, 5.74) is -1.47. The van der Waals surface area contributed by atoms with Crippen molar-refractivity contribution in [2.45, 2.75) is 50.2 Å². The predicted molar refractivity (Wildman–Crippen MR) is 59.7 cm³/mol. The smallest absolute Gasteiger partial charge is 0.238 e. The Bertz CT molecular complexity index is 398. The predicted octanol–water partition coefficient (Wildman–Crippen LogP) is 0.971. The molecule has 3 unspecified atom stereocenters. The van der Waals surface area contributed by atoms with Gasteiger partial charge in [0.25, 0.3) is 0 Å². The maximum Gasteiger partial charge on any atom is 0.238 e. The van der Waals surface area contributed by atoms with Gasteiger partial charge in [0.2, 0.25) is 5.91 Å². The second-order valence-electron chi connectivity index (χ2n) is 6.18. The van der Waals surface area contributed by atoms with Crippen molar-refractivity contribution in [1.29, 1.82) is 5.26 Å². The Hall–Kier alpha value is -1.08. The fourth-order valence-electron chi connectivity index (χ4n) is 4.80. The first kappa shape index (κ1) is 11.0. The summed E-state index contributed by atoms with van der Waals surface area (Å²) in [4.78, 5) is 11.3. The number of carbonyl (C=O) groups is 1. The van der Waals surface area contributed by atoms with Crippen LogP contribution in [-0.2, 0) is 4.79 Å². The van der Waals surface area contributed by atoms with E-state index >= 15 is 0 Å². The third kappa shape index (κ3) is 1.42. The Morgan fingerprint density at radius 2 is 1.94 bits per heavy atom. The maximum absolute atomic E-state index is 11.3. The second kappa shape index (κ2) is 3.23. The molecule has 17 heavy (non-hydrogen) atoms. The number of hydrogen-bond acceptors (Lipinski definition) is 3. The Labute approximate surface area is 101 Å². The molecule has 0 aromatic rings. The molecule has 0 aromatic heterocycles. The van der Waals surface area contributed by atoms with E-state index in [1.807, 2.05) is 0 Å². The lowest BCUT2D eigenvalue weighted by Gasteiger charge is -2.61. The topological polar surface area (TPSA) is 75.2 Å². The van der Waals surface area contributed by atoms with E-state index < -0.39 is 17.1 Å². The third-order valence-corrected chi connectivity index (χ3v) is 4.82. The van der Waals surface area contributed by atoms with Crippen molar-refractivity contribution >= 4 is 5.91 Å². The summed E-state index contributed by atoms with van der Waals surface area (Å²) < 4.78 is 0. The quantitative estimate of drug-likeness (QED) is 0.733. The molecule has 4 fully saturated rings. The van der Waals surface area contributed by atoms with Crippen LogP contribution in [-0.4, -0.2) is 22.2 Å². The fourth-order valence-corrected chi connectivity index (χ4v) is 4.80. The van der Waals surface area contributed by atoms with Crippen molar-refractivity contribution in [2.75, 3.05) is 0 Å². The molecule has 4 aliphatic carbocycles. The van der Waals surface area contributed by atoms with E-state index in [1.54, 1.807) is 0 Å². The van der Waals surface area contributed by atoms with Gasteiger partial charge in [0.1, 0.15) is 5.92 Å². The van der Waals surface area contributed by atoms with Crippen LogP contribution in [0.5, 0.6) is 0 Å². The number of amides is 1. The molecule has 4 heteroatoms. The highest BCUT2D eigenvalue weighted by atomic mass is 16.3. The molecule has 4 aliphatic rings. The highest BCUT2D eigenvalue weighted by molar-refractivity contribution is 5.73. The van der Waals surface area contributed by atoms with Crippen LogP contribution in [0.25, 0.3) is 0 Å². The van der Waals surface area contributed by atoms with Crippen LogP contribution < -0.4 is 5.32 Å². The van der Waals surface area contributed by atoms with Gasteiger partial charge in [-0.3, -0.25) is 4.79 Å². The molecular formula is C13H17N2O2. The minimum absolute atomic E-state index is 0.212. The lowest BCUT2D eigenvalue weighted by atomic mass is 9.46. The van der Waals surface area contributed by atoms with Crippen molar-refractivity contribution in [3.05, 3.63) is 0 Å². The first-order chi connectivity index (χ1) is 7.97. The minimum Gasteiger partial charge on any atom is -0.388 e. The summed E-state index contributed by atoms with van der Waals surface area (Å²) in [6.45, 7) is 1.44. The lowest BCUT2D eigenvalue weighted by Crippen LogP contribution is -2.69. The number of carbonyl (C=O) groups excluding carboxylic acids is 1. The third-order valence-electron chi connectivity index (χ3n) is 4.82. The van der Waals surface area contributed by atoms with Gasteiger partial charge in [0.15, 0.2) is 0 Å². The first-order valence-electron chi connectivity index (χ1n) is 6.33. The van der Waals surface area contributed by atoms with E-state index in [0.29, 0.717) is 11.8 Å². The van der Waals surface area contributed by atoms with Crippen LogP contribution in [0.1, 0.15) is 39.0 Å². The molecule has 4 saturated carbocycles. The Morgan fingerprint density at radius 1 is 1.35 bits per heavy atom. The van der Waals surface area contributed by atoms with Crippen LogP contribution in [0.2, 0.25) is 0 Å². The van der Waals surface area contributed by atoms with E-state index in [9.17, 15) is 15.2 Å². The van der Waals surface area contributed by atoms with Gasteiger partial charge in [-0.15, -0.1) is 0 Å². The highest BCUT2D eigenvalue weighted by Gasteiger charge is 2.65.